The quantitative estimate of drug-likeness (QED) is 0.223. The highest BCUT2D eigenvalue weighted by Gasteiger charge is 2.17. The van der Waals surface area contributed by atoms with Crippen molar-refractivity contribution >= 4 is 76.6 Å². The van der Waals surface area contributed by atoms with Crippen LogP contribution in [0.15, 0.2) is 111 Å². The minimum absolute atomic E-state index is 0.479. The molecule has 0 atom stereocenters. The van der Waals surface area contributed by atoms with Crippen LogP contribution in [-0.2, 0) is 0 Å². The lowest BCUT2D eigenvalue weighted by Crippen LogP contribution is -2.09. The van der Waals surface area contributed by atoms with Crippen molar-refractivity contribution in [3.8, 4) is 0 Å². The van der Waals surface area contributed by atoms with Crippen LogP contribution >= 0.6 is 22.9 Å². The molecule has 6 aromatic rings. The first-order chi connectivity index (χ1) is 17.2. The van der Waals surface area contributed by atoms with Gasteiger partial charge in [0.2, 0.25) is 0 Å². The standard InChI is InChI=1S/C30H19ClN2OS/c31-28-14-6-10-23(18-15-16-20-19-7-1-3-11-24(19)34-25(20)17-18)32-30(33-28)22-9-5-13-27-29(22)21-8-2-4-12-26(21)35-27/h1-5,7-9,11-17H,6,10H2. The Balaban J connectivity index is 1.42. The van der Waals surface area contributed by atoms with E-state index in [4.69, 9.17) is 26.0 Å². The number of benzene rings is 4. The normalized spacial score (nSPS) is 14.7. The molecule has 0 unspecified atom stereocenters. The molecule has 1 aliphatic heterocycles. The Morgan fingerprint density at radius 2 is 1.54 bits per heavy atom. The van der Waals surface area contributed by atoms with Gasteiger partial charge in [-0.3, -0.25) is 0 Å². The van der Waals surface area contributed by atoms with Gasteiger partial charge in [-0.15, -0.1) is 11.3 Å². The maximum atomic E-state index is 6.49. The van der Waals surface area contributed by atoms with E-state index >= 15 is 0 Å². The highest BCUT2D eigenvalue weighted by Crippen LogP contribution is 2.37. The molecule has 0 N–H and O–H groups in total. The summed E-state index contributed by atoms with van der Waals surface area (Å²) in [5.74, 6) is 0.639. The summed E-state index contributed by atoms with van der Waals surface area (Å²) in [6.45, 7) is 0. The summed E-state index contributed by atoms with van der Waals surface area (Å²) in [7, 11) is 0. The minimum Gasteiger partial charge on any atom is -0.456 e. The second kappa shape index (κ2) is 8.19. The average Bonchev–Trinajstić information content (AvgIpc) is 3.43. The zero-order chi connectivity index (χ0) is 23.4. The molecule has 0 spiro atoms. The van der Waals surface area contributed by atoms with Crippen molar-refractivity contribution in [2.45, 2.75) is 12.8 Å². The number of para-hydroxylation sites is 1. The number of halogens is 1. The van der Waals surface area contributed by atoms with Crippen molar-refractivity contribution in [3.63, 3.8) is 0 Å². The van der Waals surface area contributed by atoms with Gasteiger partial charge in [-0.25, -0.2) is 9.98 Å². The molecule has 0 saturated heterocycles. The van der Waals surface area contributed by atoms with Crippen LogP contribution in [0.2, 0.25) is 0 Å². The van der Waals surface area contributed by atoms with Crippen molar-refractivity contribution in [1.82, 2.24) is 0 Å². The Morgan fingerprint density at radius 3 is 2.49 bits per heavy atom. The lowest BCUT2D eigenvalue weighted by atomic mass is 10.0. The van der Waals surface area contributed by atoms with E-state index in [-0.39, 0.29) is 0 Å². The third-order valence-electron chi connectivity index (χ3n) is 6.50. The van der Waals surface area contributed by atoms with E-state index in [2.05, 4.69) is 66.7 Å². The Hall–Kier alpha value is -3.73. The van der Waals surface area contributed by atoms with E-state index in [1.54, 1.807) is 11.3 Å². The van der Waals surface area contributed by atoms with Crippen LogP contribution in [-0.4, -0.2) is 11.5 Å². The number of nitrogens with zero attached hydrogens (tertiary/aromatic N) is 2. The van der Waals surface area contributed by atoms with Gasteiger partial charge in [0.25, 0.3) is 0 Å². The Morgan fingerprint density at radius 1 is 0.743 bits per heavy atom. The fourth-order valence-corrected chi connectivity index (χ4v) is 6.20. The first-order valence-electron chi connectivity index (χ1n) is 11.6. The van der Waals surface area contributed by atoms with E-state index < -0.39 is 0 Å². The number of furan rings is 1. The molecule has 2 aromatic heterocycles. The molecule has 35 heavy (non-hydrogen) atoms. The predicted octanol–water partition coefficient (Wildman–Crippen LogP) is 9.06. The van der Waals surface area contributed by atoms with Gasteiger partial charge in [-0.2, -0.15) is 0 Å². The Labute approximate surface area is 210 Å². The van der Waals surface area contributed by atoms with Crippen LogP contribution in [0.4, 0.5) is 0 Å². The summed E-state index contributed by atoms with van der Waals surface area (Å²) < 4.78 is 8.62. The smallest absolute Gasteiger partial charge is 0.161 e. The molecule has 0 aliphatic carbocycles. The maximum Gasteiger partial charge on any atom is 0.161 e. The summed E-state index contributed by atoms with van der Waals surface area (Å²) in [5.41, 5.74) is 4.77. The number of rotatable bonds is 2. The molecule has 7 rings (SSSR count). The number of aliphatic imine (C=N–C) groups is 2. The minimum atomic E-state index is 0.479. The van der Waals surface area contributed by atoms with Crippen molar-refractivity contribution in [3.05, 3.63) is 107 Å². The third-order valence-corrected chi connectivity index (χ3v) is 7.88. The number of hydrogen-bond acceptors (Lipinski definition) is 4. The second-order valence-corrected chi connectivity index (χ2v) is 10.1. The summed E-state index contributed by atoms with van der Waals surface area (Å²) in [4.78, 5) is 9.88. The number of fused-ring (bicyclic) bond motifs is 6. The summed E-state index contributed by atoms with van der Waals surface area (Å²) in [6.07, 6.45) is 3.52. The van der Waals surface area contributed by atoms with E-state index in [1.807, 2.05) is 24.3 Å². The zero-order valence-electron chi connectivity index (χ0n) is 18.7. The monoisotopic (exact) mass is 490 g/mol. The molecule has 0 amide bonds. The molecule has 0 radical (unpaired) electrons. The molecule has 3 heterocycles. The lowest BCUT2D eigenvalue weighted by Gasteiger charge is -2.12. The SMILES string of the molecule is ClC1=CCCC(c2ccc3c(c2)oc2ccccc23)=NC(c2cccc3sc4ccccc4c23)=N1. The van der Waals surface area contributed by atoms with Crippen molar-refractivity contribution in [2.75, 3.05) is 0 Å². The van der Waals surface area contributed by atoms with Gasteiger partial charge in [-0.1, -0.05) is 66.2 Å². The van der Waals surface area contributed by atoms with E-state index in [1.165, 1.54) is 20.2 Å². The number of amidine groups is 1. The molecular formula is C30H19ClN2OS. The van der Waals surface area contributed by atoms with Crippen LogP contribution < -0.4 is 0 Å². The van der Waals surface area contributed by atoms with E-state index in [9.17, 15) is 0 Å². The molecule has 4 aromatic carbocycles. The molecule has 0 fully saturated rings. The summed E-state index contributed by atoms with van der Waals surface area (Å²) >= 11 is 8.28. The molecule has 0 bridgehead atoms. The molecule has 3 nitrogen and oxygen atoms in total. The summed E-state index contributed by atoms with van der Waals surface area (Å²) in [6, 6.07) is 29.3. The highest BCUT2D eigenvalue weighted by molar-refractivity contribution is 7.25. The fourth-order valence-electron chi connectivity index (χ4n) is 4.88. The van der Waals surface area contributed by atoms with Crippen molar-refractivity contribution in [1.29, 1.82) is 0 Å². The van der Waals surface area contributed by atoms with Gasteiger partial charge < -0.3 is 4.42 Å². The molecule has 1 aliphatic rings. The molecule has 0 saturated carbocycles. The molecular weight excluding hydrogens is 472 g/mol. The highest BCUT2D eigenvalue weighted by atomic mass is 35.5. The number of allylic oxidation sites excluding steroid dienone is 1. The first-order valence-corrected chi connectivity index (χ1v) is 12.8. The zero-order valence-corrected chi connectivity index (χ0v) is 20.2. The van der Waals surface area contributed by atoms with Gasteiger partial charge in [0.15, 0.2) is 5.84 Å². The van der Waals surface area contributed by atoms with Crippen molar-refractivity contribution in [2.24, 2.45) is 9.98 Å². The topological polar surface area (TPSA) is 37.9 Å². The largest absolute Gasteiger partial charge is 0.456 e. The van der Waals surface area contributed by atoms with E-state index in [0.717, 1.165) is 51.6 Å². The van der Waals surface area contributed by atoms with Crippen LogP contribution in [0.1, 0.15) is 24.0 Å². The maximum absolute atomic E-state index is 6.49. The Bertz CT molecular complexity index is 1870. The second-order valence-electron chi connectivity index (χ2n) is 8.65. The first kappa shape index (κ1) is 20.6. The fraction of sp³-hybridized carbons (Fsp3) is 0.0667. The predicted molar refractivity (Wildman–Crippen MR) is 149 cm³/mol. The number of thiophene rings is 1. The van der Waals surface area contributed by atoms with Crippen LogP contribution in [0.3, 0.4) is 0 Å². The van der Waals surface area contributed by atoms with Gasteiger partial charge in [0.1, 0.15) is 16.3 Å². The van der Waals surface area contributed by atoms with Gasteiger partial charge in [-0.05, 0) is 54.8 Å². The van der Waals surface area contributed by atoms with Crippen molar-refractivity contribution < 1.29 is 4.42 Å². The van der Waals surface area contributed by atoms with Crippen LogP contribution in [0.25, 0.3) is 42.1 Å². The molecule has 168 valence electrons. The number of hydrogen-bond donors (Lipinski definition) is 0. The third kappa shape index (κ3) is 3.49. The van der Waals surface area contributed by atoms with Crippen LogP contribution in [0, 0.1) is 0 Å². The van der Waals surface area contributed by atoms with Gasteiger partial charge >= 0.3 is 0 Å². The summed E-state index contributed by atoms with van der Waals surface area (Å²) in [5, 5.41) is 5.11. The lowest BCUT2D eigenvalue weighted by molar-refractivity contribution is 0.669. The average molecular weight is 491 g/mol. The Kier molecular flexibility index (Phi) is 4.83. The van der Waals surface area contributed by atoms with Crippen LogP contribution in [0.5, 0.6) is 0 Å². The molecule has 5 heteroatoms. The van der Waals surface area contributed by atoms with Gasteiger partial charge in [0, 0.05) is 36.5 Å². The van der Waals surface area contributed by atoms with E-state index in [0.29, 0.717) is 11.0 Å². The van der Waals surface area contributed by atoms with Gasteiger partial charge in [0.05, 0.1) is 5.71 Å².